The number of urea groups is 1. The molecule has 0 saturated carbocycles. The number of rotatable bonds is 6. The Morgan fingerprint density at radius 2 is 2.29 bits per heavy atom. The SMILES string of the molecule is CCC(CC(=O)O)NC(=O)NCc1ccsc1. The molecule has 1 aromatic heterocycles. The van der Waals surface area contributed by atoms with Crippen molar-refractivity contribution in [2.24, 2.45) is 0 Å². The lowest BCUT2D eigenvalue weighted by Gasteiger charge is -2.15. The molecule has 0 aromatic carbocycles. The van der Waals surface area contributed by atoms with Crippen LogP contribution in [0, 0.1) is 0 Å². The van der Waals surface area contributed by atoms with Gasteiger partial charge in [0.15, 0.2) is 0 Å². The van der Waals surface area contributed by atoms with Crippen molar-refractivity contribution in [3.05, 3.63) is 22.4 Å². The number of aliphatic carboxylic acids is 1. The summed E-state index contributed by atoms with van der Waals surface area (Å²) < 4.78 is 0. The van der Waals surface area contributed by atoms with Crippen LogP contribution >= 0.6 is 11.3 Å². The zero-order valence-corrected chi connectivity index (χ0v) is 10.4. The van der Waals surface area contributed by atoms with Gasteiger partial charge in [0, 0.05) is 12.6 Å². The zero-order chi connectivity index (χ0) is 12.7. The fraction of sp³-hybridized carbons (Fsp3) is 0.455. The van der Waals surface area contributed by atoms with Gasteiger partial charge in [-0.3, -0.25) is 4.79 Å². The highest BCUT2D eigenvalue weighted by Crippen LogP contribution is 2.05. The first-order valence-corrected chi connectivity index (χ1v) is 6.33. The quantitative estimate of drug-likeness (QED) is 0.726. The molecule has 1 unspecified atom stereocenters. The Bertz CT molecular complexity index is 365. The number of carboxylic acids is 1. The van der Waals surface area contributed by atoms with E-state index < -0.39 is 5.97 Å². The highest BCUT2D eigenvalue weighted by atomic mass is 32.1. The van der Waals surface area contributed by atoms with E-state index in [1.54, 1.807) is 11.3 Å². The van der Waals surface area contributed by atoms with Gasteiger partial charge in [0.05, 0.1) is 6.42 Å². The summed E-state index contributed by atoms with van der Waals surface area (Å²) in [5.41, 5.74) is 1.04. The van der Waals surface area contributed by atoms with E-state index in [1.807, 2.05) is 23.8 Å². The van der Waals surface area contributed by atoms with Crippen LogP contribution in [0.4, 0.5) is 4.79 Å². The normalized spacial score (nSPS) is 11.8. The summed E-state index contributed by atoms with van der Waals surface area (Å²) in [7, 11) is 0. The Balaban J connectivity index is 2.30. The predicted octanol–water partition coefficient (Wildman–Crippen LogP) is 1.80. The first kappa shape index (κ1) is 13.5. The van der Waals surface area contributed by atoms with Crippen LogP contribution in [0.1, 0.15) is 25.3 Å². The van der Waals surface area contributed by atoms with E-state index >= 15 is 0 Å². The number of nitrogens with one attached hydrogen (secondary N) is 2. The van der Waals surface area contributed by atoms with Crippen LogP contribution in [0.2, 0.25) is 0 Å². The predicted molar refractivity (Wildman–Crippen MR) is 66.0 cm³/mol. The van der Waals surface area contributed by atoms with Gasteiger partial charge in [-0.2, -0.15) is 11.3 Å². The molecule has 94 valence electrons. The molecule has 0 fully saturated rings. The molecule has 2 amide bonds. The largest absolute Gasteiger partial charge is 0.481 e. The van der Waals surface area contributed by atoms with Crippen LogP contribution < -0.4 is 10.6 Å². The lowest BCUT2D eigenvalue weighted by Crippen LogP contribution is -2.42. The maximum Gasteiger partial charge on any atom is 0.315 e. The molecule has 5 nitrogen and oxygen atoms in total. The van der Waals surface area contributed by atoms with Gasteiger partial charge in [0.2, 0.25) is 0 Å². The standard InChI is InChI=1S/C11H16N2O3S/c1-2-9(5-10(14)15)13-11(16)12-6-8-3-4-17-7-8/h3-4,7,9H,2,5-6H2,1H3,(H,14,15)(H2,12,13,16). The van der Waals surface area contributed by atoms with Gasteiger partial charge in [0.25, 0.3) is 0 Å². The topological polar surface area (TPSA) is 78.4 Å². The lowest BCUT2D eigenvalue weighted by atomic mass is 10.1. The van der Waals surface area contributed by atoms with E-state index in [-0.39, 0.29) is 18.5 Å². The molecule has 3 N–H and O–H groups in total. The number of amides is 2. The van der Waals surface area contributed by atoms with Gasteiger partial charge < -0.3 is 15.7 Å². The Morgan fingerprint density at radius 3 is 2.82 bits per heavy atom. The maximum absolute atomic E-state index is 11.5. The van der Waals surface area contributed by atoms with Crippen molar-refractivity contribution < 1.29 is 14.7 Å². The summed E-state index contributed by atoms with van der Waals surface area (Å²) in [6.07, 6.45) is 0.542. The number of carboxylic acid groups (broad SMARTS) is 1. The molecule has 0 aliphatic heterocycles. The molecule has 1 atom stereocenters. The molecule has 0 spiro atoms. The molecule has 6 heteroatoms. The van der Waals surface area contributed by atoms with Gasteiger partial charge in [0.1, 0.15) is 0 Å². The van der Waals surface area contributed by atoms with Crippen molar-refractivity contribution >= 4 is 23.3 Å². The molecular weight excluding hydrogens is 240 g/mol. The van der Waals surface area contributed by atoms with E-state index in [9.17, 15) is 9.59 Å². The first-order chi connectivity index (χ1) is 8.11. The Morgan fingerprint density at radius 1 is 1.53 bits per heavy atom. The maximum atomic E-state index is 11.5. The van der Waals surface area contributed by atoms with Gasteiger partial charge >= 0.3 is 12.0 Å². The molecule has 1 heterocycles. The van der Waals surface area contributed by atoms with E-state index in [2.05, 4.69) is 10.6 Å². The van der Waals surface area contributed by atoms with Gasteiger partial charge in [-0.15, -0.1) is 0 Å². The van der Waals surface area contributed by atoms with Crippen LogP contribution in [0.3, 0.4) is 0 Å². The molecule has 0 saturated heterocycles. The van der Waals surface area contributed by atoms with Crippen molar-refractivity contribution in [3.8, 4) is 0 Å². The highest BCUT2D eigenvalue weighted by Gasteiger charge is 2.13. The fourth-order valence-electron chi connectivity index (χ4n) is 1.32. The third-order valence-electron chi connectivity index (χ3n) is 2.28. The zero-order valence-electron chi connectivity index (χ0n) is 9.60. The molecule has 0 bridgehead atoms. The molecule has 17 heavy (non-hydrogen) atoms. The second-order valence-corrected chi connectivity index (χ2v) is 4.44. The monoisotopic (exact) mass is 256 g/mol. The minimum absolute atomic E-state index is 0.0532. The van der Waals surface area contributed by atoms with E-state index in [1.165, 1.54) is 0 Å². The molecule has 1 aromatic rings. The number of carbonyl (C=O) groups excluding carboxylic acids is 1. The number of hydrogen-bond acceptors (Lipinski definition) is 3. The van der Waals surface area contributed by atoms with Crippen molar-refractivity contribution in [1.29, 1.82) is 0 Å². The molecule has 0 aliphatic carbocycles. The summed E-state index contributed by atoms with van der Waals surface area (Å²) >= 11 is 1.57. The lowest BCUT2D eigenvalue weighted by molar-refractivity contribution is -0.137. The summed E-state index contributed by atoms with van der Waals surface area (Å²) in [5, 5.41) is 17.8. The van der Waals surface area contributed by atoms with Crippen molar-refractivity contribution in [1.82, 2.24) is 10.6 Å². The molecule has 1 rings (SSSR count). The van der Waals surface area contributed by atoms with Crippen LogP contribution in [-0.4, -0.2) is 23.1 Å². The Labute approximate surface area is 104 Å². The molecule has 0 radical (unpaired) electrons. The van der Waals surface area contributed by atoms with Crippen LogP contribution in [-0.2, 0) is 11.3 Å². The summed E-state index contributed by atoms with van der Waals surface area (Å²) in [5.74, 6) is -0.907. The second kappa shape index (κ2) is 6.90. The van der Waals surface area contributed by atoms with E-state index in [4.69, 9.17) is 5.11 Å². The van der Waals surface area contributed by atoms with Crippen molar-refractivity contribution in [2.45, 2.75) is 32.4 Å². The summed E-state index contributed by atoms with van der Waals surface area (Å²) in [6.45, 7) is 2.30. The van der Waals surface area contributed by atoms with Crippen molar-refractivity contribution in [2.75, 3.05) is 0 Å². The van der Waals surface area contributed by atoms with Gasteiger partial charge in [-0.1, -0.05) is 6.92 Å². The molecule has 0 aliphatic rings. The smallest absolute Gasteiger partial charge is 0.315 e. The minimum Gasteiger partial charge on any atom is -0.481 e. The first-order valence-electron chi connectivity index (χ1n) is 5.39. The van der Waals surface area contributed by atoms with Crippen LogP contribution in [0.15, 0.2) is 16.8 Å². The highest BCUT2D eigenvalue weighted by molar-refractivity contribution is 7.07. The van der Waals surface area contributed by atoms with Crippen LogP contribution in [0.25, 0.3) is 0 Å². The van der Waals surface area contributed by atoms with Gasteiger partial charge in [-0.25, -0.2) is 4.79 Å². The van der Waals surface area contributed by atoms with E-state index in [0.717, 1.165) is 5.56 Å². The third-order valence-corrected chi connectivity index (χ3v) is 3.01. The average Bonchev–Trinajstić information content (AvgIpc) is 2.77. The third kappa shape index (κ3) is 5.35. The Kier molecular flexibility index (Phi) is 5.48. The van der Waals surface area contributed by atoms with Gasteiger partial charge in [-0.05, 0) is 28.8 Å². The number of carbonyl (C=O) groups is 2. The van der Waals surface area contributed by atoms with Crippen molar-refractivity contribution in [3.63, 3.8) is 0 Å². The van der Waals surface area contributed by atoms with E-state index in [0.29, 0.717) is 13.0 Å². The summed E-state index contributed by atoms with van der Waals surface area (Å²) in [6, 6.07) is 1.28. The fourth-order valence-corrected chi connectivity index (χ4v) is 1.99. The summed E-state index contributed by atoms with van der Waals surface area (Å²) in [4.78, 5) is 22.0. The van der Waals surface area contributed by atoms with Crippen LogP contribution in [0.5, 0.6) is 0 Å². The number of hydrogen-bond donors (Lipinski definition) is 3. The minimum atomic E-state index is -0.907. The number of thiophene rings is 1. The molecular formula is C11H16N2O3S. The average molecular weight is 256 g/mol. The Hall–Kier alpha value is -1.56. The second-order valence-electron chi connectivity index (χ2n) is 3.66.